The quantitative estimate of drug-likeness (QED) is 0.505. The first-order chi connectivity index (χ1) is 10.3. The molecule has 2 heterocycles. The third kappa shape index (κ3) is 1.74. The van der Waals surface area contributed by atoms with Crippen LogP contribution in [0.3, 0.4) is 0 Å². The van der Waals surface area contributed by atoms with Crippen LogP contribution in [0.25, 0.3) is 26.7 Å². The fourth-order valence-corrected chi connectivity index (χ4v) is 3.73. The molecule has 0 N–H and O–H groups in total. The van der Waals surface area contributed by atoms with Crippen molar-refractivity contribution in [1.29, 1.82) is 0 Å². The molecule has 2 aromatic carbocycles. The monoisotopic (exact) mass is 291 g/mol. The van der Waals surface area contributed by atoms with Crippen molar-refractivity contribution < 1.29 is 0 Å². The molecular formula is C18H13NOS. The van der Waals surface area contributed by atoms with Crippen LogP contribution in [0, 0.1) is 6.92 Å². The Morgan fingerprint density at radius 2 is 1.76 bits per heavy atom. The van der Waals surface area contributed by atoms with Gasteiger partial charge in [0.25, 0.3) is 5.56 Å². The Balaban J connectivity index is 2.31. The van der Waals surface area contributed by atoms with E-state index in [1.54, 1.807) is 0 Å². The van der Waals surface area contributed by atoms with Gasteiger partial charge in [0.05, 0.1) is 5.52 Å². The van der Waals surface area contributed by atoms with Gasteiger partial charge < -0.3 is 0 Å². The molecule has 4 rings (SSSR count). The number of hydrogen-bond acceptors (Lipinski definition) is 2. The largest absolute Gasteiger partial charge is 0.276 e. The van der Waals surface area contributed by atoms with Crippen molar-refractivity contribution in [3.63, 3.8) is 0 Å². The van der Waals surface area contributed by atoms with Crippen LogP contribution in [0.5, 0.6) is 0 Å². The van der Waals surface area contributed by atoms with E-state index in [0.717, 1.165) is 26.7 Å². The molecule has 2 aromatic heterocycles. The lowest BCUT2D eigenvalue weighted by atomic mass is 10.1. The lowest BCUT2D eigenvalue weighted by molar-refractivity contribution is 1.06. The smallest absolute Gasteiger partial charge is 0.273 e. The molecule has 0 spiro atoms. The van der Waals surface area contributed by atoms with Gasteiger partial charge in [-0.15, -0.1) is 11.3 Å². The number of fused-ring (bicyclic) bond motifs is 3. The van der Waals surface area contributed by atoms with E-state index in [0.29, 0.717) is 0 Å². The van der Waals surface area contributed by atoms with E-state index in [1.807, 2.05) is 58.5 Å². The number of thiophene rings is 1. The fraction of sp³-hybridized carbons (Fsp3) is 0.0556. The van der Waals surface area contributed by atoms with E-state index < -0.39 is 0 Å². The van der Waals surface area contributed by atoms with Gasteiger partial charge in [-0.1, -0.05) is 30.3 Å². The van der Waals surface area contributed by atoms with E-state index in [9.17, 15) is 4.79 Å². The van der Waals surface area contributed by atoms with E-state index in [-0.39, 0.29) is 5.56 Å². The molecule has 3 heteroatoms. The first-order valence-electron chi connectivity index (χ1n) is 6.84. The molecule has 102 valence electrons. The second kappa shape index (κ2) is 4.57. The molecule has 0 amide bonds. The number of hydrogen-bond donors (Lipinski definition) is 0. The highest BCUT2D eigenvalue weighted by molar-refractivity contribution is 7.17. The zero-order chi connectivity index (χ0) is 14.4. The highest BCUT2D eigenvalue weighted by Gasteiger charge is 2.14. The zero-order valence-corrected chi connectivity index (χ0v) is 12.4. The minimum absolute atomic E-state index is 0.0595. The molecule has 0 fully saturated rings. The van der Waals surface area contributed by atoms with E-state index in [4.69, 9.17) is 0 Å². The lowest BCUT2D eigenvalue weighted by Gasteiger charge is -2.13. The van der Waals surface area contributed by atoms with E-state index >= 15 is 0 Å². The van der Waals surface area contributed by atoms with Crippen LogP contribution in [0.4, 0.5) is 0 Å². The topological polar surface area (TPSA) is 22.0 Å². The van der Waals surface area contributed by atoms with Crippen molar-refractivity contribution in [3.05, 3.63) is 75.9 Å². The van der Waals surface area contributed by atoms with Gasteiger partial charge in [0.2, 0.25) is 0 Å². The summed E-state index contributed by atoms with van der Waals surface area (Å²) < 4.78 is 2.64. The first-order valence-corrected chi connectivity index (χ1v) is 7.72. The standard InChI is InChI=1S/C18H13NOS/c1-12-6-5-9-15-16(12)14-10-11-21-17(14)18(20)19(15)13-7-3-2-4-8-13/h2-11H,1H3. The molecule has 2 nitrogen and oxygen atoms in total. The van der Waals surface area contributed by atoms with Crippen molar-refractivity contribution in [1.82, 2.24) is 4.57 Å². The highest BCUT2D eigenvalue weighted by Crippen LogP contribution is 2.30. The number of aromatic nitrogens is 1. The average molecular weight is 291 g/mol. The molecule has 0 atom stereocenters. The van der Waals surface area contributed by atoms with Crippen molar-refractivity contribution in [2.45, 2.75) is 6.92 Å². The molecule has 0 saturated heterocycles. The molecule has 0 unspecified atom stereocenters. The molecule has 4 aromatic rings. The van der Waals surface area contributed by atoms with E-state index in [2.05, 4.69) is 13.0 Å². The summed E-state index contributed by atoms with van der Waals surface area (Å²) in [6.45, 7) is 2.10. The van der Waals surface area contributed by atoms with Gasteiger partial charge >= 0.3 is 0 Å². The summed E-state index contributed by atoms with van der Waals surface area (Å²) >= 11 is 1.51. The second-order valence-electron chi connectivity index (χ2n) is 5.11. The van der Waals surface area contributed by atoms with Crippen molar-refractivity contribution >= 4 is 32.3 Å². The van der Waals surface area contributed by atoms with Crippen LogP contribution in [-0.4, -0.2) is 4.57 Å². The Bertz CT molecular complexity index is 1010. The summed E-state index contributed by atoms with van der Waals surface area (Å²) in [5, 5.41) is 4.22. The molecule has 0 aliphatic carbocycles. The lowest BCUT2D eigenvalue weighted by Crippen LogP contribution is -2.18. The fourth-order valence-electron chi connectivity index (χ4n) is 2.91. The van der Waals surface area contributed by atoms with Gasteiger partial charge in [0.15, 0.2) is 0 Å². The van der Waals surface area contributed by atoms with E-state index in [1.165, 1.54) is 16.9 Å². The summed E-state index contributed by atoms with van der Waals surface area (Å²) in [6.07, 6.45) is 0. The SMILES string of the molecule is Cc1cccc2c1c1ccsc1c(=O)n2-c1ccccc1. The number of benzene rings is 2. The molecule has 21 heavy (non-hydrogen) atoms. The predicted octanol–water partition coefficient (Wildman–Crippen LogP) is 4.51. The van der Waals surface area contributed by atoms with Crippen LogP contribution < -0.4 is 5.56 Å². The molecule has 0 saturated carbocycles. The second-order valence-corrected chi connectivity index (χ2v) is 6.02. The van der Waals surface area contributed by atoms with Gasteiger partial charge in [0.1, 0.15) is 4.70 Å². The van der Waals surface area contributed by atoms with Gasteiger partial charge in [-0.3, -0.25) is 9.36 Å². The van der Waals surface area contributed by atoms with Crippen molar-refractivity contribution in [2.24, 2.45) is 0 Å². The summed E-state index contributed by atoms with van der Waals surface area (Å²) in [5.74, 6) is 0. The van der Waals surface area contributed by atoms with Crippen molar-refractivity contribution in [2.75, 3.05) is 0 Å². The van der Waals surface area contributed by atoms with Crippen molar-refractivity contribution in [3.8, 4) is 5.69 Å². The van der Waals surface area contributed by atoms with Crippen LogP contribution in [-0.2, 0) is 0 Å². The minimum Gasteiger partial charge on any atom is -0.276 e. The Labute approximate surface area is 125 Å². The van der Waals surface area contributed by atoms with Crippen LogP contribution in [0.2, 0.25) is 0 Å². The van der Waals surface area contributed by atoms with Gasteiger partial charge in [-0.2, -0.15) is 0 Å². The molecule has 0 aliphatic rings. The molecular weight excluding hydrogens is 278 g/mol. The first kappa shape index (κ1) is 12.4. The maximum Gasteiger partial charge on any atom is 0.273 e. The zero-order valence-electron chi connectivity index (χ0n) is 11.5. The minimum atomic E-state index is 0.0595. The Morgan fingerprint density at radius 3 is 2.57 bits per heavy atom. The van der Waals surface area contributed by atoms with Crippen LogP contribution in [0.1, 0.15) is 5.56 Å². The average Bonchev–Trinajstić information content (AvgIpc) is 2.98. The van der Waals surface area contributed by atoms with Gasteiger partial charge in [-0.25, -0.2) is 0 Å². The third-order valence-corrected chi connectivity index (χ3v) is 4.74. The molecule has 0 aliphatic heterocycles. The Kier molecular flexibility index (Phi) is 2.69. The third-order valence-electron chi connectivity index (χ3n) is 3.84. The maximum absolute atomic E-state index is 12.9. The Hall–Kier alpha value is -2.39. The van der Waals surface area contributed by atoms with Crippen LogP contribution >= 0.6 is 11.3 Å². The predicted molar refractivity (Wildman–Crippen MR) is 89.7 cm³/mol. The maximum atomic E-state index is 12.9. The number of aryl methyl sites for hydroxylation is 1. The van der Waals surface area contributed by atoms with Gasteiger partial charge in [-0.05, 0) is 42.1 Å². The molecule has 0 bridgehead atoms. The molecule has 0 radical (unpaired) electrons. The number of rotatable bonds is 1. The normalized spacial score (nSPS) is 11.3. The summed E-state index contributed by atoms with van der Waals surface area (Å²) in [6, 6.07) is 18.0. The summed E-state index contributed by atoms with van der Waals surface area (Å²) in [7, 11) is 0. The number of pyridine rings is 1. The number of para-hydroxylation sites is 1. The Morgan fingerprint density at radius 1 is 0.952 bits per heavy atom. The van der Waals surface area contributed by atoms with Crippen LogP contribution in [0.15, 0.2) is 64.8 Å². The highest BCUT2D eigenvalue weighted by atomic mass is 32.1. The summed E-state index contributed by atoms with van der Waals surface area (Å²) in [5.41, 5.74) is 3.13. The summed E-state index contributed by atoms with van der Waals surface area (Å²) in [4.78, 5) is 12.9. The van der Waals surface area contributed by atoms with Gasteiger partial charge in [0, 0.05) is 16.5 Å². The number of nitrogens with zero attached hydrogens (tertiary/aromatic N) is 1.